The van der Waals surface area contributed by atoms with Crippen LogP contribution in [0.1, 0.15) is 46.8 Å². The summed E-state index contributed by atoms with van der Waals surface area (Å²) in [5.41, 5.74) is 2.17. The number of pyridine rings is 1. The minimum atomic E-state index is -1.02. The molecule has 0 aliphatic rings. The van der Waals surface area contributed by atoms with Gasteiger partial charge in [-0.25, -0.2) is 14.1 Å². The van der Waals surface area contributed by atoms with E-state index in [1.54, 1.807) is 34.3 Å². The number of halogens is 1. The molecule has 0 saturated carbocycles. The van der Waals surface area contributed by atoms with E-state index in [4.69, 9.17) is 4.98 Å². The molecule has 1 unspecified atom stereocenters. The fourth-order valence-electron chi connectivity index (χ4n) is 3.40. The Labute approximate surface area is 183 Å². The molecule has 3 heterocycles. The number of aliphatic hydroxyl groups is 1. The summed E-state index contributed by atoms with van der Waals surface area (Å²) in [4.78, 5) is 20.0. The number of hydrogen-bond donors (Lipinski definition) is 2. The molecular formula is C23H23FN4O2S. The maximum Gasteiger partial charge on any atom is 0.252 e. The molecule has 0 radical (unpaired) electrons. The quantitative estimate of drug-likeness (QED) is 0.459. The van der Waals surface area contributed by atoms with Gasteiger partial charge in [0, 0.05) is 17.5 Å². The number of thiophene rings is 1. The Kier molecular flexibility index (Phi) is 5.84. The molecule has 1 atom stereocenters. The zero-order valence-electron chi connectivity index (χ0n) is 17.5. The first-order chi connectivity index (χ1) is 14.8. The lowest BCUT2D eigenvalue weighted by molar-refractivity contribution is 0.0918. The second-order valence-corrected chi connectivity index (χ2v) is 8.95. The minimum absolute atomic E-state index is 0.0438. The number of aromatic nitrogens is 3. The summed E-state index contributed by atoms with van der Waals surface area (Å²) in [5, 5.41) is 18.2. The fraction of sp³-hybridized carbons (Fsp3) is 0.261. The average molecular weight is 439 g/mol. The third-order valence-electron chi connectivity index (χ3n) is 4.98. The second-order valence-electron chi connectivity index (χ2n) is 7.67. The predicted octanol–water partition coefficient (Wildman–Crippen LogP) is 4.65. The van der Waals surface area contributed by atoms with E-state index in [-0.39, 0.29) is 18.5 Å². The first-order valence-corrected chi connectivity index (χ1v) is 10.8. The van der Waals surface area contributed by atoms with Gasteiger partial charge in [0.05, 0.1) is 33.8 Å². The number of rotatable bonds is 6. The van der Waals surface area contributed by atoms with E-state index in [0.717, 1.165) is 9.75 Å². The normalized spacial score (nSPS) is 12.5. The number of carbonyl (C=O) groups is 1. The van der Waals surface area contributed by atoms with Crippen molar-refractivity contribution >= 4 is 28.3 Å². The van der Waals surface area contributed by atoms with Gasteiger partial charge in [0.1, 0.15) is 5.82 Å². The van der Waals surface area contributed by atoms with Gasteiger partial charge >= 0.3 is 0 Å². The molecule has 2 N–H and O–H groups in total. The number of aliphatic hydroxyl groups excluding tert-OH is 1. The Morgan fingerprint density at radius 1 is 1.26 bits per heavy atom. The van der Waals surface area contributed by atoms with Gasteiger partial charge in [-0.3, -0.25) is 4.79 Å². The third kappa shape index (κ3) is 4.35. The Hall–Kier alpha value is -3.10. The summed E-state index contributed by atoms with van der Waals surface area (Å²) >= 11 is 1.60. The van der Waals surface area contributed by atoms with E-state index in [1.165, 1.54) is 18.2 Å². The summed E-state index contributed by atoms with van der Waals surface area (Å²) < 4.78 is 15.2. The molecule has 0 aliphatic heterocycles. The van der Waals surface area contributed by atoms with E-state index in [2.05, 4.69) is 10.4 Å². The van der Waals surface area contributed by atoms with Crippen molar-refractivity contribution in [1.29, 1.82) is 0 Å². The molecule has 0 spiro atoms. The van der Waals surface area contributed by atoms with Crippen molar-refractivity contribution in [2.75, 3.05) is 6.54 Å². The second kappa shape index (κ2) is 8.56. The molecule has 0 bridgehead atoms. The molecule has 0 saturated heterocycles. The van der Waals surface area contributed by atoms with E-state index in [9.17, 15) is 14.3 Å². The van der Waals surface area contributed by atoms with Crippen molar-refractivity contribution in [3.63, 3.8) is 0 Å². The van der Waals surface area contributed by atoms with Gasteiger partial charge in [0.2, 0.25) is 0 Å². The lowest BCUT2D eigenvalue weighted by Crippen LogP contribution is -2.28. The minimum Gasteiger partial charge on any atom is -0.387 e. The molecule has 31 heavy (non-hydrogen) atoms. The van der Waals surface area contributed by atoms with Gasteiger partial charge in [0.15, 0.2) is 5.65 Å². The fourth-order valence-corrected chi connectivity index (χ4v) is 4.23. The van der Waals surface area contributed by atoms with Gasteiger partial charge in [-0.1, -0.05) is 12.1 Å². The van der Waals surface area contributed by atoms with Crippen LogP contribution >= 0.6 is 11.3 Å². The highest BCUT2D eigenvalue weighted by Crippen LogP contribution is 2.30. The molecular weight excluding hydrogens is 415 g/mol. The molecule has 1 amide bonds. The monoisotopic (exact) mass is 438 g/mol. The zero-order chi connectivity index (χ0) is 22.1. The number of aryl methyl sites for hydroxylation is 1. The number of benzene rings is 1. The van der Waals surface area contributed by atoms with Crippen molar-refractivity contribution < 1.29 is 14.3 Å². The summed E-state index contributed by atoms with van der Waals surface area (Å²) in [6.07, 6.45) is 0.624. The molecule has 0 aliphatic carbocycles. The molecule has 160 valence electrons. The number of nitrogens with one attached hydrogen (secondary N) is 1. The number of carbonyl (C=O) groups excluding carboxylic acids is 1. The largest absolute Gasteiger partial charge is 0.387 e. The van der Waals surface area contributed by atoms with Crippen molar-refractivity contribution in [3.05, 3.63) is 70.5 Å². The van der Waals surface area contributed by atoms with Crippen LogP contribution in [0.15, 0.2) is 48.7 Å². The molecule has 3 aromatic heterocycles. The molecule has 4 aromatic rings. The molecule has 1 aromatic carbocycles. The highest BCUT2D eigenvalue weighted by molar-refractivity contribution is 7.15. The number of nitrogens with zero attached hydrogens (tertiary/aromatic N) is 3. The number of hydrogen-bond acceptors (Lipinski definition) is 5. The lowest BCUT2D eigenvalue weighted by Gasteiger charge is -2.14. The highest BCUT2D eigenvalue weighted by Gasteiger charge is 2.20. The van der Waals surface area contributed by atoms with Crippen LogP contribution in [0.25, 0.3) is 21.6 Å². The number of fused-ring (bicyclic) bond motifs is 1. The Balaban J connectivity index is 1.67. The van der Waals surface area contributed by atoms with Crippen LogP contribution in [-0.2, 0) is 0 Å². The Morgan fingerprint density at radius 2 is 2.06 bits per heavy atom. The van der Waals surface area contributed by atoms with E-state index < -0.39 is 11.9 Å². The summed E-state index contributed by atoms with van der Waals surface area (Å²) in [7, 11) is 0. The molecule has 0 fully saturated rings. The summed E-state index contributed by atoms with van der Waals surface area (Å²) in [5.74, 6) is -0.781. The first kappa shape index (κ1) is 21.1. The van der Waals surface area contributed by atoms with Crippen molar-refractivity contribution in [1.82, 2.24) is 20.1 Å². The van der Waals surface area contributed by atoms with Crippen LogP contribution in [0.5, 0.6) is 0 Å². The van der Waals surface area contributed by atoms with Gasteiger partial charge in [-0.15, -0.1) is 11.3 Å². The van der Waals surface area contributed by atoms with Crippen molar-refractivity contribution in [2.45, 2.75) is 32.9 Å². The molecule has 4 rings (SSSR count). The Morgan fingerprint density at radius 3 is 2.74 bits per heavy atom. The third-order valence-corrected chi connectivity index (χ3v) is 6.01. The predicted molar refractivity (Wildman–Crippen MR) is 120 cm³/mol. The van der Waals surface area contributed by atoms with Crippen LogP contribution in [-0.4, -0.2) is 32.3 Å². The van der Waals surface area contributed by atoms with Gasteiger partial charge in [-0.2, -0.15) is 5.10 Å². The topological polar surface area (TPSA) is 80.0 Å². The summed E-state index contributed by atoms with van der Waals surface area (Å²) in [6, 6.07) is 11.5. The van der Waals surface area contributed by atoms with Gasteiger partial charge < -0.3 is 10.4 Å². The smallest absolute Gasteiger partial charge is 0.252 e. The van der Waals surface area contributed by atoms with E-state index >= 15 is 0 Å². The zero-order valence-corrected chi connectivity index (χ0v) is 18.3. The van der Waals surface area contributed by atoms with Crippen LogP contribution in [0.4, 0.5) is 4.39 Å². The SMILES string of the molecule is Cc1ccc(-c2cc(C(=O)NCC(O)c3cccc(F)c3)c3cnn(C(C)C)c3n2)s1. The van der Waals surface area contributed by atoms with Gasteiger partial charge in [-0.05, 0) is 56.7 Å². The van der Waals surface area contributed by atoms with E-state index in [0.29, 0.717) is 27.9 Å². The van der Waals surface area contributed by atoms with Crippen LogP contribution in [0, 0.1) is 12.7 Å². The highest BCUT2D eigenvalue weighted by atomic mass is 32.1. The molecule has 6 nitrogen and oxygen atoms in total. The standard InChI is InChI=1S/C23H23FN4O2S/c1-13(2)28-22-18(11-26-28)17(10-19(27-22)21-8-7-14(3)31-21)23(30)25-12-20(29)15-5-4-6-16(24)9-15/h4-11,13,20,29H,12H2,1-3H3,(H,25,30). The van der Waals surface area contributed by atoms with Crippen LogP contribution in [0.2, 0.25) is 0 Å². The van der Waals surface area contributed by atoms with Gasteiger partial charge in [0.25, 0.3) is 5.91 Å². The number of amides is 1. The lowest BCUT2D eigenvalue weighted by atomic mass is 10.1. The van der Waals surface area contributed by atoms with E-state index in [1.807, 2.05) is 32.9 Å². The maximum absolute atomic E-state index is 13.4. The van der Waals surface area contributed by atoms with Crippen LogP contribution < -0.4 is 5.32 Å². The van der Waals surface area contributed by atoms with Crippen LogP contribution in [0.3, 0.4) is 0 Å². The van der Waals surface area contributed by atoms with Crippen molar-refractivity contribution in [3.8, 4) is 10.6 Å². The van der Waals surface area contributed by atoms with Crippen molar-refractivity contribution in [2.24, 2.45) is 0 Å². The Bertz CT molecular complexity index is 1250. The summed E-state index contributed by atoms with van der Waals surface area (Å²) in [6.45, 7) is 5.99. The average Bonchev–Trinajstić information content (AvgIpc) is 3.37. The molecule has 8 heteroatoms. The first-order valence-electron chi connectivity index (χ1n) is 10.0. The maximum atomic E-state index is 13.4.